The number of nitrogens with one attached hydrogen (secondary N) is 1. The highest BCUT2D eigenvalue weighted by atomic mass is 35.5. The molecule has 32 heavy (non-hydrogen) atoms. The molecular weight excluding hydrogens is 469 g/mol. The Hall–Kier alpha value is -3.46. The molecule has 5 aromatic rings. The van der Waals surface area contributed by atoms with Gasteiger partial charge in [-0.3, -0.25) is 14.3 Å². The number of para-hydroxylation sites is 1. The van der Waals surface area contributed by atoms with Gasteiger partial charge in [0.15, 0.2) is 0 Å². The summed E-state index contributed by atoms with van der Waals surface area (Å²) in [4.78, 5) is 33.1. The average molecular weight is 482 g/mol. The van der Waals surface area contributed by atoms with Gasteiger partial charge in [0.25, 0.3) is 5.56 Å². The summed E-state index contributed by atoms with van der Waals surface area (Å²) in [6.45, 7) is 0. The van der Waals surface area contributed by atoms with Crippen molar-refractivity contribution in [2.24, 2.45) is 5.10 Å². The first-order valence-electron chi connectivity index (χ1n) is 9.38. The van der Waals surface area contributed by atoms with E-state index in [0.29, 0.717) is 26.6 Å². The van der Waals surface area contributed by atoms with Crippen LogP contribution in [0.3, 0.4) is 0 Å². The zero-order chi connectivity index (χ0) is 22.2. The molecule has 5 rings (SSSR count). The van der Waals surface area contributed by atoms with E-state index in [9.17, 15) is 9.59 Å². The topological polar surface area (TPSA) is 85.0 Å². The number of thiophene rings is 1. The summed E-state index contributed by atoms with van der Waals surface area (Å²) in [5.74, 6) is 0. The molecule has 0 atom stereocenters. The number of aromatic amines is 1. The van der Waals surface area contributed by atoms with Gasteiger partial charge < -0.3 is 0 Å². The molecule has 0 radical (unpaired) electrons. The maximum Gasteiger partial charge on any atom is 0.331 e. The SMILES string of the molecule is O=c1c2c(-c3ccc(Cl)cc3)csc2ncn1/N=C/c1c(Cl)[nH]c(=O)n1-c1ccccc1. The van der Waals surface area contributed by atoms with Crippen LogP contribution in [-0.2, 0) is 0 Å². The Kier molecular flexibility index (Phi) is 5.26. The fourth-order valence-electron chi connectivity index (χ4n) is 3.33. The molecule has 1 N–H and O–H groups in total. The Morgan fingerprint density at radius 3 is 2.53 bits per heavy atom. The van der Waals surface area contributed by atoms with Gasteiger partial charge in [0, 0.05) is 16.0 Å². The van der Waals surface area contributed by atoms with Crippen molar-refractivity contribution in [3.63, 3.8) is 0 Å². The predicted octanol–water partition coefficient (Wildman–Crippen LogP) is 4.79. The van der Waals surface area contributed by atoms with Crippen LogP contribution in [0.4, 0.5) is 0 Å². The van der Waals surface area contributed by atoms with Gasteiger partial charge >= 0.3 is 5.69 Å². The third kappa shape index (κ3) is 3.58. The molecule has 0 amide bonds. The summed E-state index contributed by atoms with van der Waals surface area (Å²) >= 11 is 13.6. The van der Waals surface area contributed by atoms with Crippen molar-refractivity contribution in [1.29, 1.82) is 0 Å². The highest BCUT2D eigenvalue weighted by Crippen LogP contribution is 2.31. The van der Waals surface area contributed by atoms with Crippen LogP contribution in [0.5, 0.6) is 0 Å². The van der Waals surface area contributed by atoms with Gasteiger partial charge in [-0.1, -0.05) is 53.5 Å². The monoisotopic (exact) mass is 481 g/mol. The van der Waals surface area contributed by atoms with Crippen molar-refractivity contribution in [1.82, 2.24) is 19.2 Å². The van der Waals surface area contributed by atoms with Crippen LogP contribution in [0.1, 0.15) is 5.69 Å². The second-order valence-electron chi connectivity index (χ2n) is 6.78. The zero-order valence-corrected chi connectivity index (χ0v) is 18.5. The second kappa shape index (κ2) is 8.23. The van der Waals surface area contributed by atoms with Crippen molar-refractivity contribution in [3.05, 3.63) is 103 Å². The van der Waals surface area contributed by atoms with Crippen molar-refractivity contribution in [2.45, 2.75) is 0 Å². The van der Waals surface area contributed by atoms with Crippen molar-refractivity contribution in [3.8, 4) is 16.8 Å². The van der Waals surface area contributed by atoms with Crippen molar-refractivity contribution < 1.29 is 0 Å². The van der Waals surface area contributed by atoms with E-state index in [-0.39, 0.29) is 10.7 Å². The lowest BCUT2D eigenvalue weighted by atomic mass is 10.1. The lowest BCUT2D eigenvalue weighted by Gasteiger charge is -2.04. The molecule has 0 aliphatic rings. The number of aromatic nitrogens is 4. The van der Waals surface area contributed by atoms with Gasteiger partial charge in [0.1, 0.15) is 22.0 Å². The maximum absolute atomic E-state index is 13.2. The van der Waals surface area contributed by atoms with Crippen LogP contribution in [0.15, 0.2) is 81.0 Å². The van der Waals surface area contributed by atoms with E-state index in [4.69, 9.17) is 23.2 Å². The molecule has 0 fully saturated rings. The van der Waals surface area contributed by atoms with E-state index in [0.717, 1.165) is 15.8 Å². The van der Waals surface area contributed by atoms with E-state index < -0.39 is 5.69 Å². The Morgan fingerprint density at radius 1 is 1.03 bits per heavy atom. The van der Waals surface area contributed by atoms with E-state index in [1.54, 1.807) is 36.4 Å². The molecule has 0 saturated heterocycles. The Bertz CT molecular complexity index is 1580. The van der Waals surface area contributed by atoms with Gasteiger partial charge in [-0.05, 0) is 29.8 Å². The predicted molar refractivity (Wildman–Crippen MR) is 129 cm³/mol. The molecule has 7 nitrogen and oxygen atoms in total. The number of rotatable bonds is 4. The van der Waals surface area contributed by atoms with E-state index in [1.807, 2.05) is 23.6 Å². The summed E-state index contributed by atoms with van der Waals surface area (Å²) in [6.07, 6.45) is 2.70. The highest BCUT2D eigenvalue weighted by molar-refractivity contribution is 7.17. The quantitative estimate of drug-likeness (QED) is 0.374. The standard InChI is InChI=1S/C22H13Cl2N5O2S/c23-14-8-6-13(7-9-14)16-11-32-20-18(16)21(30)28(12-25-20)26-10-17-19(24)27-22(31)29(17)15-4-2-1-3-5-15/h1-12H,(H,27,31)/b26-10+. The number of imidazole rings is 1. The summed E-state index contributed by atoms with van der Waals surface area (Å²) in [6, 6.07) is 16.2. The first-order valence-corrected chi connectivity index (χ1v) is 11.0. The molecule has 0 aliphatic heterocycles. The molecule has 0 saturated carbocycles. The minimum Gasteiger partial charge on any atom is -0.296 e. The van der Waals surface area contributed by atoms with Crippen molar-refractivity contribution in [2.75, 3.05) is 0 Å². The number of hydrogen-bond donors (Lipinski definition) is 1. The van der Waals surface area contributed by atoms with Gasteiger partial charge in [0.2, 0.25) is 0 Å². The van der Waals surface area contributed by atoms with E-state index in [1.165, 1.54) is 28.4 Å². The molecule has 0 bridgehead atoms. The molecular formula is C22H13Cl2N5O2S. The molecule has 3 aromatic heterocycles. The first-order chi connectivity index (χ1) is 15.5. The summed E-state index contributed by atoms with van der Waals surface area (Å²) in [7, 11) is 0. The number of hydrogen-bond acceptors (Lipinski definition) is 5. The summed E-state index contributed by atoms with van der Waals surface area (Å²) in [5, 5.41) is 7.31. The minimum atomic E-state index is -0.411. The summed E-state index contributed by atoms with van der Waals surface area (Å²) in [5.41, 5.74) is 1.80. The summed E-state index contributed by atoms with van der Waals surface area (Å²) < 4.78 is 2.50. The molecule has 158 valence electrons. The fraction of sp³-hybridized carbons (Fsp3) is 0. The third-order valence-electron chi connectivity index (χ3n) is 4.84. The smallest absolute Gasteiger partial charge is 0.296 e. The van der Waals surface area contributed by atoms with Gasteiger partial charge in [-0.2, -0.15) is 9.78 Å². The number of benzene rings is 2. The molecule has 10 heteroatoms. The molecule has 0 spiro atoms. The van der Waals surface area contributed by atoms with Crippen LogP contribution in [-0.4, -0.2) is 25.4 Å². The zero-order valence-electron chi connectivity index (χ0n) is 16.2. The molecule has 0 aliphatic carbocycles. The van der Waals surface area contributed by atoms with Gasteiger partial charge in [-0.25, -0.2) is 9.78 Å². The largest absolute Gasteiger partial charge is 0.331 e. The number of H-pyrrole nitrogens is 1. The van der Waals surface area contributed by atoms with E-state index in [2.05, 4.69) is 15.1 Å². The fourth-order valence-corrected chi connectivity index (χ4v) is 4.58. The van der Waals surface area contributed by atoms with Crippen LogP contribution < -0.4 is 11.2 Å². The lowest BCUT2D eigenvalue weighted by Crippen LogP contribution is -2.19. The maximum atomic E-state index is 13.2. The average Bonchev–Trinajstić information content (AvgIpc) is 3.35. The Morgan fingerprint density at radius 2 is 1.78 bits per heavy atom. The first kappa shape index (κ1) is 20.4. The number of halogens is 2. The number of nitrogens with zero attached hydrogens (tertiary/aromatic N) is 4. The lowest BCUT2D eigenvalue weighted by molar-refractivity contribution is 0.817. The van der Waals surface area contributed by atoms with Crippen LogP contribution in [0, 0.1) is 0 Å². The normalized spacial score (nSPS) is 11.6. The number of fused-ring (bicyclic) bond motifs is 1. The van der Waals surface area contributed by atoms with E-state index >= 15 is 0 Å². The Labute approximate surface area is 194 Å². The highest BCUT2D eigenvalue weighted by Gasteiger charge is 2.15. The van der Waals surface area contributed by atoms with Crippen LogP contribution in [0.2, 0.25) is 10.2 Å². The second-order valence-corrected chi connectivity index (χ2v) is 8.45. The molecule has 3 heterocycles. The molecule has 2 aromatic carbocycles. The van der Waals surface area contributed by atoms with Gasteiger partial charge in [0.05, 0.1) is 17.3 Å². The third-order valence-corrected chi connectivity index (χ3v) is 6.26. The van der Waals surface area contributed by atoms with Crippen molar-refractivity contribution >= 4 is 51.0 Å². The van der Waals surface area contributed by atoms with Crippen LogP contribution in [0.25, 0.3) is 27.0 Å². The van der Waals surface area contributed by atoms with Crippen LogP contribution >= 0.6 is 34.5 Å². The Balaban J connectivity index is 1.61. The molecule has 0 unspecified atom stereocenters. The van der Waals surface area contributed by atoms with Gasteiger partial charge in [-0.15, -0.1) is 11.3 Å². The minimum absolute atomic E-state index is 0.113.